The summed E-state index contributed by atoms with van der Waals surface area (Å²) in [6.07, 6.45) is 0. The van der Waals surface area contributed by atoms with Crippen LogP contribution >= 0.6 is 29.3 Å². The quantitative estimate of drug-likeness (QED) is 0.307. The zero-order chi connectivity index (χ0) is 16.5. The van der Waals surface area contributed by atoms with E-state index in [-0.39, 0.29) is 10.1 Å². The molecule has 1 atom stereocenters. The topological polar surface area (TPSA) is 21.6 Å². The lowest BCUT2D eigenvalue weighted by Crippen LogP contribution is -2.45. The molecule has 0 aromatic heterocycles. The minimum atomic E-state index is -3.95. The van der Waals surface area contributed by atoms with Crippen LogP contribution in [0.25, 0.3) is 0 Å². The largest absolute Gasteiger partial charge is 0.425 e. The smallest absolute Gasteiger partial charge is 0.390 e. The van der Waals surface area contributed by atoms with Crippen LogP contribution in [0.5, 0.6) is 5.75 Å². The Morgan fingerprint density at radius 1 is 1.05 bits per heavy atom. The minimum Gasteiger partial charge on any atom is -0.425 e. The summed E-state index contributed by atoms with van der Waals surface area (Å²) in [5.41, 5.74) is 0. The Labute approximate surface area is 137 Å². The third-order valence-corrected chi connectivity index (χ3v) is 14.6. The van der Waals surface area contributed by atoms with Crippen molar-refractivity contribution in [1.82, 2.24) is 0 Å². The molecule has 1 aromatic rings. The first-order valence-corrected chi connectivity index (χ1v) is 12.2. The lowest BCUT2D eigenvalue weighted by molar-refractivity contribution is 0.565. The zero-order valence-corrected chi connectivity index (χ0v) is 16.7. The van der Waals surface area contributed by atoms with Crippen molar-refractivity contribution in [2.45, 2.75) is 51.6 Å². The van der Waals surface area contributed by atoms with Gasteiger partial charge in [-0.3, -0.25) is 0 Å². The van der Waals surface area contributed by atoms with Gasteiger partial charge in [0.2, 0.25) is 0 Å². The van der Waals surface area contributed by atoms with E-state index in [4.69, 9.17) is 26.8 Å². The molecule has 0 aliphatic rings. The minimum absolute atomic E-state index is 0.348. The molecule has 7 heteroatoms. The highest BCUT2D eigenvalue weighted by Gasteiger charge is 2.55. The molecule has 1 aromatic carbocycles. The van der Waals surface area contributed by atoms with Gasteiger partial charge in [-0.15, -0.1) is 11.1 Å². The summed E-state index contributed by atoms with van der Waals surface area (Å²) in [6, 6.07) is 8.63. The van der Waals surface area contributed by atoms with Gasteiger partial charge in [0, 0.05) is 0 Å². The molecule has 0 radical (unpaired) electrons. The lowest BCUT2D eigenvalue weighted by Gasteiger charge is -2.43. The molecule has 2 nitrogen and oxygen atoms in total. The number of hydrogen-bond acceptors (Lipinski definition) is 2. The Hall–Kier alpha value is -0.0231. The molecule has 21 heavy (non-hydrogen) atoms. The van der Waals surface area contributed by atoms with Gasteiger partial charge in [-0.05, 0) is 33.5 Å². The standard InChI is InChI=1S/C14H23Cl2FNOPSi/c1-13(2,3)21(16,14(4,5)6)18-20(15,17)19-12-10-8-7-9-11-12/h7-11H,1-6H3. The summed E-state index contributed by atoms with van der Waals surface area (Å²) in [7, 11) is -2.93. The first kappa shape index (κ1) is 19.0. The molecule has 1 rings (SSSR count). The number of hydrogen-bond donors (Lipinski definition) is 0. The molecule has 0 fully saturated rings. The highest BCUT2D eigenvalue weighted by atomic mass is 35.7. The molecule has 0 N–H and O–H groups in total. The van der Waals surface area contributed by atoms with Gasteiger partial charge in [0.25, 0.3) is 7.55 Å². The van der Waals surface area contributed by atoms with E-state index in [9.17, 15) is 4.20 Å². The summed E-state index contributed by atoms with van der Waals surface area (Å²) < 4.78 is 24.3. The van der Waals surface area contributed by atoms with E-state index in [1.807, 2.05) is 47.6 Å². The second-order valence-electron chi connectivity index (χ2n) is 7.06. The van der Waals surface area contributed by atoms with E-state index in [1.54, 1.807) is 24.3 Å². The maximum atomic E-state index is 14.8. The lowest BCUT2D eigenvalue weighted by atomic mass is 10.2. The summed E-state index contributed by atoms with van der Waals surface area (Å²) >= 11 is 12.8. The fourth-order valence-electron chi connectivity index (χ4n) is 2.21. The van der Waals surface area contributed by atoms with Crippen LogP contribution in [0.15, 0.2) is 34.7 Å². The predicted molar refractivity (Wildman–Crippen MR) is 94.4 cm³/mol. The second-order valence-corrected chi connectivity index (χ2v) is 16.0. The van der Waals surface area contributed by atoms with Crippen molar-refractivity contribution < 1.29 is 8.72 Å². The van der Waals surface area contributed by atoms with Gasteiger partial charge >= 0.3 is 6.94 Å². The molecule has 120 valence electrons. The van der Waals surface area contributed by atoms with E-state index in [0.717, 1.165) is 0 Å². The molecule has 0 heterocycles. The molecule has 0 aliphatic carbocycles. The zero-order valence-electron chi connectivity index (χ0n) is 13.3. The fourth-order valence-corrected chi connectivity index (χ4v) is 11.2. The van der Waals surface area contributed by atoms with Crippen molar-refractivity contribution in [2.75, 3.05) is 0 Å². The Bertz CT molecular complexity index is 520. The van der Waals surface area contributed by atoms with Gasteiger partial charge in [0.15, 0.2) is 0 Å². The van der Waals surface area contributed by atoms with Crippen LogP contribution in [0.1, 0.15) is 41.5 Å². The van der Waals surface area contributed by atoms with Crippen molar-refractivity contribution in [3.05, 3.63) is 30.3 Å². The summed E-state index contributed by atoms with van der Waals surface area (Å²) in [4.78, 5) is 0. The Kier molecular flexibility index (Phi) is 5.65. The third-order valence-electron chi connectivity index (χ3n) is 3.20. The van der Waals surface area contributed by atoms with Gasteiger partial charge in [-0.1, -0.05) is 59.7 Å². The van der Waals surface area contributed by atoms with Crippen molar-refractivity contribution >= 4 is 36.8 Å². The molecule has 0 spiro atoms. The van der Waals surface area contributed by atoms with E-state index < -0.39 is 14.5 Å². The van der Waals surface area contributed by atoms with Crippen LogP contribution in [-0.2, 0) is 0 Å². The van der Waals surface area contributed by atoms with E-state index in [1.165, 1.54) is 0 Å². The Balaban J connectivity index is 3.28. The summed E-state index contributed by atoms with van der Waals surface area (Å²) in [5.74, 6) is 0.364. The third kappa shape index (κ3) is 4.72. The Morgan fingerprint density at radius 3 is 1.86 bits per heavy atom. The van der Waals surface area contributed by atoms with E-state index >= 15 is 0 Å². The first-order chi connectivity index (χ1) is 9.29. The van der Waals surface area contributed by atoms with Crippen molar-refractivity contribution in [1.29, 1.82) is 0 Å². The van der Waals surface area contributed by atoms with Crippen LogP contribution < -0.4 is 4.52 Å². The summed E-state index contributed by atoms with van der Waals surface area (Å²) in [6.45, 7) is 7.88. The highest BCUT2D eigenvalue weighted by molar-refractivity contribution is 7.84. The van der Waals surface area contributed by atoms with Crippen molar-refractivity contribution in [3.63, 3.8) is 0 Å². The van der Waals surface area contributed by atoms with Crippen LogP contribution in [0.4, 0.5) is 4.20 Å². The molecule has 0 saturated carbocycles. The van der Waals surface area contributed by atoms with Crippen LogP contribution in [0.3, 0.4) is 0 Å². The molecule has 0 bridgehead atoms. The average molecular weight is 370 g/mol. The average Bonchev–Trinajstić information content (AvgIpc) is 2.25. The van der Waals surface area contributed by atoms with Crippen molar-refractivity contribution in [3.8, 4) is 5.75 Å². The molecule has 0 saturated heterocycles. The Morgan fingerprint density at radius 2 is 1.48 bits per heavy atom. The maximum absolute atomic E-state index is 14.8. The monoisotopic (exact) mass is 369 g/mol. The number of benzene rings is 1. The van der Waals surface area contributed by atoms with Gasteiger partial charge in [-0.25, -0.2) is 4.41 Å². The number of halogens is 3. The number of rotatable bonds is 3. The SMILES string of the molecule is CC(C)(C)[Si](Cl)(N=P(F)(Cl)Oc1ccccc1)C(C)(C)C. The van der Waals surface area contributed by atoms with E-state index in [2.05, 4.69) is 4.41 Å². The van der Waals surface area contributed by atoms with Gasteiger partial charge in [0.1, 0.15) is 5.75 Å². The molecular formula is C14H23Cl2FNOPSi. The van der Waals surface area contributed by atoms with Gasteiger partial charge in [0.05, 0.1) is 0 Å². The van der Waals surface area contributed by atoms with Gasteiger partial charge < -0.3 is 4.52 Å². The highest BCUT2D eigenvalue weighted by Crippen LogP contribution is 2.65. The van der Waals surface area contributed by atoms with E-state index in [0.29, 0.717) is 5.75 Å². The van der Waals surface area contributed by atoms with Gasteiger partial charge in [-0.2, -0.15) is 4.20 Å². The molecular weight excluding hydrogens is 347 g/mol. The molecule has 0 aliphatic heterocycles. The van der Waals surface area contributed by atoms with Crippen LogP contribution in [0, 0.1) is 0 Å². The van der Waals surface area contributed by atoms with Crippen molar-refractivity contribution in [2.24, 2.45) is 4.41 Å². The normalized spacial score (nSPS) is 16.2. The molecule has 1 unspecified atom stereocenters. The fraction of sp³-hybridized carbons (Fsp3) is 0.571. The second kappa shape index (κ2) is 6.23. The number of para-hydroxylation sites is 1. The van der Waals surface area contributed by atoms with Crippen LogP contribution in [0.2, 0.25) is 10.1 Å². The van der Waals surface area contributed by atoms with Crippen LogP contribution in [-0.4, -0.2) is 7.55 Å². The predicted octanol–water partition coefficient (Wildman–Crippen LogP) is 7.50. The summed E-state index contributed by atoms with van der Waals surface area (Å²) in [5, 5.41) is -0.696. The maximum Gasteiger partial charge on any atom is 0.390 e. The molecule has 0 amide bonds. The first-order valence-electron chi connectivity index (χ1n) is 6.75. The number of nitrogens with zero attached hydrogens (tertiary/aromatic N) is 1.